The fourth-order valence-corrected chi connectivity index (χ4v) is 0.971. The van der Waals surface area contributed by atoms with Crippen molar-refractivity contribution in [3.05, 3.63) is 29.8 Å². The SMILES string of the molecule is COC(=O)c1ccc(NNCl)cc1. The number of carbonyl (C=O) groups excluding carboxylic acids is 1. The molecule has 1 rings (SSSR count). The van der Waals surface area contributed by atoms with E-state index in [4.69, 9.17) is 11.8 Å². The lowest BCUT2D eigenvalue weighted by Gasteiger charge is -2.03. The molecule has 0 atom stereocenters. The second kappa shape index (κ2) is 4.69. The van der Waals surface area contributed by atoms with Gasteiger partial charge in [-0.2, -0.15) is 0 Å². The minimum atomic E-state index is -0.356. The topological polar surface area (TPSA) is 50.4 Å². The first-order valence-corrected chi connectivity index (χ1v) is 3.95. The molecule has 0 heterocycles. The lowest BCUT2D eigenvalue weighted by Crippen LogP contribution is -2.08. The number of anilines is 1. The Labute approximate surface area is 80.9 Å². The van der Waals surface area contributed by atoms with Gasteiger partial charge in [0.1, 0.15) is 0 Å². The van der Waals surface area contributed by atoms with Crippen LogP contribution < -0.4 is 10.4 Å². The zero-order valence-electron chi connectivity index (χ0n) is 7.00. The predicted molar refractivity (Wildman–Crippen MR) is 50.4 cm³/mol. The van der Waals surface area contributed by atoms with E-state index in [0.717, 1.165) is 5.69 Å². The highest BCUT2D eigenvalue weighted by atomic mass is 35.5. The molecule has 0 saturated carbocycles. The van der Waals surface area contributed by atoms with Gasteiger partial charge in [-0.1, -0.05) is 0 Å². The van der Waals surface area contributed by atoms with Crippen LogP contribution in [0.25, 0.3) is 0 Å². The zero-order chi connectivity index (χ0) is 9.68. The second-order valence-electron chi connectivity index (χ2n) is 2.29. The quantitative estimate of drug-likeness (QED) is 0.442. The van der Waals surface area contributed by atoms with Crippen molar-refractivity contribution in [1.82, 2.24) is 4.94 Å². The minimum absolute atomic E-state index is 0.356. The van der Waals surface area contributed by atoms with Gasteiger partial charge < -0.3 is 10.2 Å². The van der Waals surface area contributed by atoms with Crippen molar-refractivity contribution >= 4 is 23.4 Å². The summed E-state index contributed by atoms with van der Waals surface area (Å²) in [6.45, 7) is 0. The van der Waals surface area contributed by atoms with Crippen LogP contribution in [-0.4, -0.2) is 13.1 Å². The van der Waals surface area contributed by atoms with Gasteiger partial charge in [0.15, 0.2) is 0 Å². The molecule has 70 valence electrons. The van der Waals surface area contributed by atoms with Crippen molar-refractivity contribution in [2.75, 3.05) is 12.5 Å². The molecule has 0 aliphatic carbocycles. The molecule has 5 heteroatoms. The molecule has 1 aromatic carbocycles. The summed E-state index contributed by atoms with van der Waals surface area (Å²) < 4.78 is 4.54. The summed E-state index contributed by atoms with van der Waals surface area (Å²) >= 11 is 5.21. The van der Waals surface area contributed by atoms with Crippen LogP contribution in [0.15, 0.2) is 24.3 Å². The Kier molecular flexibility index (Phi) is 3.54. The molecular weight excluding hydrogens is 192 g/mol. The van der Waals surface area contributed by atoms with Crippen LogP contribution in [0.1, 0.15) is 10.4 Å². The van der Waals surface area contributed by atoms with Gasteiger partial charge in [0.25, 0.3) is 0 Å². The van der Waals surface area contributed by atoms with E-state index in [2.05, 4.69) is 15.1 Å². The van der Waals surface area contributed by atoms with Crippen LogP contribution in [-0.2, 0) is 4.74 Å². The third-order valence-corrected chi connectivity index (χ3v) is 1.59. The lowest BCUT2D eigenvalue weighted by atomic mass is 10.2. The van der Waals surface area contributed by atoms with Crippen molar-refractivity contribution in [1.29, 1.82) is 0 Å². The number of ether oxygens (including phenoxy) is 1. The summed E-state index contributed by atoms with van der Waals surface area (Å²) in [5.41, 5.74) is 3.92. The first-order chi connectivity index (χ1) is 6.27. The first kappa shape index (κ1) is 9.83. The van der Waals surface area contributed by atoms with Crippen molar-refractivity contribution < 1.29 is 9.53 Å². The van der Waals surface area contributed by atoms with Crippen molar-refractivity contribution in [3.63, 3.8) is 0 Å². The molecule has 1 aromatic rings. The lowest BCUT2D eigenvalue weighted by molar-refractivity contribution is 0.0601. The Morgan fingerprint density at radius 1 is 1.38 bits per heavy atom. The fourth-order valence-electron chi connectivity index (χ4n) is 0.862. The maximum atomic E-state index is 11.0. The van der Waals surface area contributed by atoms with E-state index in [9.17, 15) is 4.79 Å². The van der Waals surface area contributed by atoms with E-state index >= 15 is 0 Å². The normalized spacial score (nSPS) is 9.38. The number of esters is 1. The number of nitrogens with one attached hydrogen (secondary N) is 2. The first-order valence-electron chi connectivity index (χ1n) is 3.58. The average molecular weight is 201 g/mol. The zero-order valence-corrected chi connectivity index (χ0v) is 7.76. The van der Waals surface area contributed by atoms with Crippen LogP contribution >= 0.6 is 11.8 Å². The third-order valence-electron chi connectivity index (χ3n) is 1.50. The Bertz CT molecular complexity index is 287. The number of hydrogen-bond acceptors (Lipinski definition) is 4. The molecule has 0 aromatic heterocycles. The number of halogens is 1. The third kappa shape index (κ3) is 2.61. The summed E-state index contributed by atoms with van der Waals surface area (Å²) in [5, 5.41) is 0. The van der Waals surface area contributed by atoms with Crippen LogP contribution in [0.5, 0.6) is 0 Å². The van der Waals surface area contributed by atoms with Crippen molar-refractivity contribution in [2.24, 2.45) is 0 Å². The molecule has 0 fully saturated rings. The van der Waals surface area contributed by atoms with Crippen LogP contribution in [0, 0.1) is 0 Å². The highest BCUT2D eigenvalue weighted by Gasteiger charge is 2.03. The second-order valence-corrected chi connectivity index (χ2v) is 2.48. The monoisotopic (exact) mass is 200 g/mol. The molecule has 0 saturated heterocycles. The highest BCUT2D eigenvalue weighted by molar-refractivity contribution is 6.13. The Morgan fingerprint density at radius 3 is 2.46 bits per heavy atom. The smallest absolute Gasteiger partial charge is 0.337 e. The van der Waals surface area contributed by atoms with Gasteiger partial charge in [0.2, 0.25) is 0 Å². The standard InChI is InChI=1S/C8H9ClN2O2/c1-13-8(12)6-2-4-7(5-3-6)10-11-9/h2-5,10-11H,1H3. The summed E-state index contributed by atoms with van der Waals surface area (Å²) in [5.74, 6) is -0.356. The number of benzene rings is 1. The predicted octanol–water partition coefficient (Wildman–Crippen LogP) is 1.54. The molecule has 0 bridgehead atoms. The molecule has 0 radical (unpaired) electrons. The van der Waals surface area contributed by atoms with Crippen molar-refractivity contribution in [3.8, 4) is 0 Å². The number of methoxy groups -OCH3 is 1. The van der Waals surface area contributed by atoms with Gasteiger partial charge in [-0.05, 0) is 36.0 Å². The molecule has 13 heavy (non-hydrogen) atoms. The van der Waals surface area contributed by atoms with E-state index in [1.807, 2.05) is 0 Å². The van der Waals surface area contributed by atoms with Gasteiger partial charge in [0.05, 0.1) is 18.4 Å². The van der Waals surface area contributed by atoms with Crippen LogP contribution in [0.4, 0.5) is 5.69 Å². The van der Waals surface area contributed by atoms with Crippen LogP contribution in [0.3, 0.4) is 0 Å². The van der Waals surface area contributed by atoms with Gasteiger partial charge in [-0.3, -0.25) is 0 Å². The van der Waals surface area contributed by atoms with E-state index in [0.29, 0.717) is 5.56 Å². The molecule has 2 N–H and O–H groups in total. The molecule has 0 aliphatic heterocycles. The molecule has 0 spiro atoms. The Hall–Kier alpha value is -1.26. The number of rotatable bonds is 3. The van der Waals surface area contributed by atoms with Gasteiger partial charge >= 0.3 is 5.97 Å². The highest BCUT2D eigenvalue weighted by Crippen LogP contribution is 2.09. The Morgan fingerprint density at radius 2 is 2.00 bits per heavy atom. The summed E-state index contributed by atoms with van der Waals surface area (Å²) in [6.07, 6.45) is 0. The van der Waals surface area contributed by atoms with Crippen LogP contribution in [0.2, 0.25) is 0 Å². The molecule has 0 aliphatic rings. The summed E-state index contributed by atoms with van der Waals surface area (Å²) in [6, 6.07) is 6.70. The average Bonchev–Trinajstić information content (AvgIpc) is 2.18. The maximum Gasteiger partial charge on any atom is 0.337 e. The molecular formula is C8H9ClN2O2. The Balaban J connectivity index is 2.75. The van der Waals surface area contributed by atoms with E-state index in [1.54, 1.807) is 24.3 Å². The maximum absolute atomic E-state index is 11.0. The molecule has 0 amide bonds. The summed E-state index contributed by atoms with van der Waals surface area (Å²) in [7, 11) is 1.34. The number of carbonyl (C=O) groups is 1. The summed E-state index contributed by atoms with van der Waals surface area (Å²) in [4.78, 5) is 13.3. The van der Waals surface area contributed by atoms with Gasteiger partial charge in [-0.15, -0.1) is 4.94 Å². The largest absolute Gasteiger partial charge is 0.465 e. The van der Waals surface area contributed by atoms with E-state index in [-0.39, 0.29) is 5.97 Å². The van der Waals surface area contributed by atoms with E-state index < -0.39 is 0 Å². The van der Waals surface area contributed by atoms with Gasteiger partial charge in [-0.25, -0.2) is 4.79 Å². The number of hydrazine groups is 1. The van der Waals surface area contributed by atoms with E-state index in [1.165, 1.54) is 7.11 Å². The molecule has 4 nitrogen and oxygen atoms in total. The minimum Gasteiger partial charge on any atom is -0.465 e. The van der Waals surface area contributed by atoms with Crippen molar-refractivity contribution in [2.45, 2.75) is 0 Å². The van der Waals surface area contributed by atoms with Gasteiger partial charge in [0, 0.05) is 0 Å². The number of hydrogen-bond donors (Lipinski definition) is 2. The molecule has 0 unspecified atom stereocenters. The fraction of sp³-hybridized carbons (Fsp3) is 0.125.